The lowest BCUT2D eigenvalue weighted by Crippen LogP contribution is -2.41. The van der Waals surface area contributed by atoms with Gasteiger partial charge in [-0.15, -0.1) is 12.4 Å². The lowest BCUT2D eigenvalue weighted by atomic mass is 10.0. The molecule has 25 heavy (non-hydrogen) atoms. The van der Waals surface area contributed by atoms with E-state index in [1.807, 2.05) is 27.7 Å². The molecular formula is C17H30ClN3O3S. The molecule has 0 spiro atoms. The van der Waals surface area contributed by atoms with Gasteiger partial charge in [-0.1, -0.05) is 39.8 Å². The van der Waals surface area contributed by atoms with Gasteiger partial charge in [-0.3, -0.25) is 4.79 Å². The third-order valence-electron chi connectivity index (χ3n) is 3.80. The predicted octanol–water partition coefficient (Wildman–Crippen LogP) is 2.13. The molecule has 0 aliphatic rings. The highest BCUT2D eigenvalue weighted by molar-refractivity contribution is 7.89. The number of benzene rings is 1. The van der Waals surface area contributed by atoms with Crippen LogP contribution in [-0.4, -0.2) is 37.8 Å². The minimum absolute atomic E-state index is 0. The molecule has 1 atom stereocenters. The quantitative estimate of drug-likeness (QED) is 0.674. The standard InChI is InChI=1S/C17H29N3O3S.ClH/c1-5-20(6-2)24(22,23)15-9-7-14(8-10-15)12-19-17(21)16(18)11-13(3)4;/h7-10,13,16H,5-6,11-12,18H2,1-4H3,(H,19,21);1H/t16-;/m0./s1. The van der Waals surface area contributed by atoms with Crippen LogP contribution in [0.3, 0.4) is 0 Å². The first-order chi connectivity index (χ1) is 11.2. The summed E-state index contributed by atoms with van der Waals surface area (Å²) in [5, 5.41) is 2.78. The van der Waals surface area contributed by atoms with Crippen molar-refractivity contribution in [1.82, 2.24) is 9.62 Å². The summed E-state index contributed by atoms with van der Waals surface area (Å²) in [6.07, 6.45) is 0.632. The van der Waals surface area contributed by atoms with Gasteiger partial charge in [0.15, 0.2) is 0 Å². The van der Waals surface area contributed by atoms with Gasteiger partial charge < -0.3 is 11.1 Å². The van der Waals surface area contributed by atoms with Crippen LogP contribution < -0.4 is 11.1 Å². The lowest BCUT2D eigenvalue weighted by molar-refractivity contribution is -0.122. The maximum Gasteiger partial charge on any atom is 0.243 e. The number of amides is 1. The minimum Gasteiger partial charge on any atom is -0.351 e. The second-order valence-corrected chi connectivity index (χ2v) is 8.13. The van der Waals surface area contributed by atoms with Crippen LogP contribution in [0.1, 0.15) is 39.7 Å². The Labute approximate surface area is 157 Å². The van der Waals surface area contributed by atoms with Gasteiger partial charge >= 0.3 is 0 Å². The third-order valence-corrected chi connectivity index (χ3v) is 5.86. The van der Waals surface area contributed by atoms with Crippen LogP contribution in [0.4, 0.5) is 0 Å². The number of halogens is 1. The zero-order valence-electron chi connectivity index (χ0n) is 15.4. The van der Waals surface area contributed by atoms with Crippen LogP contribution in [0.25, 0.3) is 0 Å². The summed E-state index contributed by atoms with van der Waals surface area (Å²) in [6, 6.07) is 6.05. The van der Waals surface area contributed by atoms with Crippen molar-refractivity contribution in [2.75, 3.05) is 13.1 Å². The molecule has 1 rings (SSSR count). The fourth-order valence-corrected chi connectivity index (χ4v) is 3.89. The van der Waals surface area contributed by atoms with Gasteiger partial charge in [0, 0.05) is 19.6 Å². The van der Waals surface area contributed by atoms with E-state index in [-0.39, 0.29) is 23.2 Å². The molecule has 1 aromatic carbocycles. The number of carbonyl (C=O) groups is 1. The van der Waals surface area contributed by atoms with E-state index < -0.39 is 16.1 Å². The van der Waals surface area contributed by atoms with Crippen molar-refractivity contribution in [3.05, 3.63) is 29.8 Å². The van der Waals surface area contributed by atoms with Crippen molar-refractivity contribution in [3.8, 4) is 0 Å². The van der Waals surface area contributed by atoms with E-state index in [2.05, 4.69) is 5.32 Å². The highest BCUT2D eigenvalue weighted by Gasteiger charge is 2.21. The van der Waals surface area contributed by atoms with Crippen molar-refractivity contribution in [1.29, 1.82) is 0 Å². The topological polar surface area (TPSA) is 92.5 Å². The predicted molar refractivity (Wildman–Crippen MR) is 103 cm³/mol. The largest absolute Gasteiger partial charge is 0.351 e. The number of nitrogens with one attached hydrogen (secondary N) is 1. The maximum atomic E-state index is 12.4. The molecular weight excluding hydrogens is 362 g/mol. The zero-order chi connectivity index (χ0) is 18.3. The number of rotatable bonds is 9. The second kappa shape index (κ2) is 10.8. The Morgan fingerprint density at radius 3 is 2.12 bits per heavy atom. The van der Waals surface area contributed by atoms with Gasteiger partial charge in [0.25, 0.3) is 0 Å². The Morgan fingerprint density at radius 2 is 1.68 bits per heavy atom. The molecule has 0 bridgehead atoms. The normalized spacial score (nSPS) is 12.8. The van der Waals surface area contributed by atoms with Crippen LogP contribution >= 0.6 is 12.4 Å². The van der Waals surface area contributed by atoms with Crippen LogP contribution in [0, 0.1) is 5.92 Å². The lowest BCUT2D eigenvalue weighted by Gasteiger charge is -2.18. The number of nitrogens with zero attached hydrogens (tertiary/aromatic N) is 1. The van der Waals surface area contributed by atoms with Crippen molar-refractivity contribution in [2.45, 2.75) is 51.6 Å². The number of nitrogens with two attached hydrogens (primary N) is 1. The monoisotopic (exact) mass is 391 g/mol. The second-order valence-electron chi connectivity index (χ2n) is 6.19. The summed E-state index contributed by atoms with van der Waals surface area (Å²) < 4.78 is 26.2. The molecule has 1 aromatic rings. The maximum absolute atomic E-state index is 12.4. The zero-order valence-corrected chi connectivity index (χ0v) is 17.0. The molecule has 6 nitrogen and oxygen atoms in total. The number of sulfonamides is 1. The van der Waals surface area contributed by atoms with E-state index in [9.17, 15) is 13.2 Å². The molecule has 0 saturated carbocycles. The molecule has 1 amide bonds. The molecule has 0 saturated heterocycles. The Hall–Kier alpha value is -1.15. The van der Waals surface area contributed by atoms with Crippen molar-refractivity contribution < 1.29 is 13.2 Å². The summed E-state index contributed by atoms with van der Waals surface area (Å²) in [5.41, 5.74) is 6.66. The van der Waals surface area contributed by atoms with Crippen LogP contribution in [0.2, 0.25) is 0 Å². The smallest absolute Gasteiger partial charge is 0.243 e. The average Bonchev–Trinajstić information content (AvgIpc) is 2.53. The fourth-order valence-electron chi connectivity index (χ4n) is 2.43. The van der Waals surface area contributed by atoms with E-state index in [1.165, 1.54) is 4.31 Å². The van der Waals surface area contributed by atoms with E-state index in [1.54, 1.807) is 24.3 Å². The van der Waals surface area contributed by atoms with Gasteiger partial charge in [-0.25, -0.2) is 8.42 Å². The molecule has 0 unspecified atom stereocenters. The first kappa shape index (κ1) is 23.9. The van der Waals surface area contributed by atoms with E-state index >= 15 is 0 Å². The van der Waals surface area contributed by atoms with Crippen molar-refractivity contribution >= 4 is 28.3 Å². The highest BCUT2D eigenvalue weighted by Crippen LogP contribution is 2.16. The van der Waals surface area contributed by atoms with Gasteiger partial charge in [0.1, 0.15) is 0 Å². The van der Waals surface area contributed by atoms with E-state index in [4.69, 9.17) is 5.73 Å². The molecule has 0 aliphatic carbocycles. The van der Waals surface area contributed by atoms with Gasteiger partial charge in [0.2, 0.25) is 15.9 Å². The molecule has 144 valence electrons. The Bertz CT molecular complexity index is 629. The van der Waals surface area contributed by atoms with Gasteiger partial charge in [0.05, 0.1) is 10.9 Å². The van der Waals surface area contributed by atoms with Crippen LogP contribution in [0.5, 0.6) is 0 Å². The molecule has 0 aliphatic heterocycles. The van der Waals surface area contributed by atoms with Crippen molar-refractivity contribution in [2.24, 2.45) is 11.7 Å². The molecule has 0 fully saturated rings. The van der Waals surface area contributed by atoms with Crippen molar-refractivity contribution in [3.63, 3.8) is 0 Å². The number of hydrogen-bond donors (Lipinski definition) is 2. The minimum atomic E-state index is -3.45. The molecule has 0 aromatic heterocycles. The highest BCUT2D eigenvalue weighted by atomic mass is 35.5. The summed E-state index contributed by atoms with van der Waals surface area (Å²) in [7, 11) is -3.45. The number of carbonyl (C=O) groups excluding carboxylic acids is 1. The molecule has 3 N–H and O–H groups in total. The first-order valence-electron chi connectivity index (χ1n) is 8.34. The fraction of sp³-hybridized carbons (Fsp3) is 0.588. The summed E-state index contributed by atoms with van der Waals surface area (Å²) in [6.45, 7) is 8.85. The molecule has 0 radical (unpaired) electrons. The third kappa shape index (κ3) is 6.93. The van der Waals surface area contributed by atoms with E-state index in [0.717, 1.165) is 5.56 Å². The summed E-state index contributed by atoms with van der Waals surface area (Å²) >= 11 is 0. The Morgan fingerprint density at radius 1 is 1.16 bits per heavy atom. The average molecular weight is 392 g/mol. The van der Waals surface area contributed by atoms with Gasteiger partial charge in [-0.2, -0.15) is 4.31 Å². The molecule has 8 heteroatoms. The SMILES string of the molecule is CCN(CC)S(=O)(=O)c1ccc(CNC(=O)[C@@H](N)CC(C)C)cc1.Cl. The number of hydrogen-bond acceptors (Lipinski definition) is 4. The summed E-state index contributed by atoms with van der Waals surface area (Å²) in [5.74, 6) is 0.166. The van der Waals surface area contributed by atoms with Crippen LogP contribution in [-0.2, 0) is 21.4 Å². The van der Waals surface area contributed by atoms with E-state index in [0.29, 0.717) is 32.0 Å². The Balaban J connectivity index is 0.00000576. The summed E-state index contributed by atoms with van der Waals surface area (Å²) in [4.78, 5) is 12.2. The molecule has 0 heterocycles. The Kier molecular flexibility index (Phi) is 10.3. The van der Waals surface area contributed by atoms with Gasteiger partial charge in [-0.05, 0) is 30.0 Å². The van der Waals surface area contributed by atoms with Crippen LogP contribution in [0.15, 0.2) is 29.2 Å². The first-order valence-corrected chi connectivity index (χ1v) is 9.78.